The highest BCUT2D eigenvalue weighted by molar-refractivity contribution is 5.97. The van der Waals surface area contributed by atoms with Crippen LogP contribution in [0.1, 0.15) is 31.9 Å². The molecule has 0 aliphatic carbocycles. The monoisotopic (exact) mass is 213 g/mol. The Bertz CT molecular complexity index is 441. The third-order valence-corrected chi connectivity index (χ3v) is 2.21. The summed E-state index contributed by atoms with van der Waals surface area (Å²) in [5, 5.41) is 8.63. The van der Waals surface area contributed by atoms with Crippen molar-refractivity contribution in [2.24, 2.45) is 5.41 Å². The summed E-state index contributed by atoms with van der Waals surface area (Å²) in [5.41, 5.74) is 1.21. The van der Waals surface area contributed by atoms with E-state index in [2.05, 4.69) is 6.07 Å². The first-order chi connectivity index (χ1) is 7.43. The molecule has 0 atom stereocenters. The molecule has 2 nitrogen and oxygen atoms in total. The molecular weight excluding hydrogens is 198 g/mol. The lowest BCUT2D eigenvalue weighted by Gasteiger charge is -2.12. The van der Waals surface area contributed by atoms with E-state index in [1.165, 1.54) is 0 Å². The zero-order valence-corrected chi connectivity index (χ0v) is 9.82. The summed E-state index contributed by atoms with van der Waals surface area (Å²) in [6.45, 7) is 5.66. The van der Waals surface area contributed by atoms with Gasteiger partial charge in [-0.1, -0.05) is 39.0 Å². The van der Waals surface area contributed by atoms with Crippen molar-refractivity contribution in [2.75, 3.05) is 0 Å². The molecule has 0 spiro atoms. The van der Waals surface area contributed by atoms with Crippen LogP contribution in [0.3, 0.4) is 0 Å². The highest BCUT2D eigenvalue weighted by Gasteiger charge is 2.17. The molecule has 0 aromatic heterocycles. The van der Waals surface area contributed by atoms with Crippen molar-refractivity contribution < 1.29 is 4.79 Å². The van der Waals surface area contributed by atoms with Crippen molar-refractivity contribution in [3.8, 4) is 6.07 Å². The van der Waals surface area contributed by atoms with Gasteiger partial charge in [-0.15, -0.1) is 0 Å². The van der Waals surface area contributed by atoms with Crippen molar-refractivity contribution >= 4 is 11.9 Å². The summed E-state index contributed by atoms with van der Waals surface area (Å²) in [6.07, 6.45) is 3.36. The maximum absolute atomic E-state index is 11.6. The molecule has 0 amide bonds. The summed E-state index contributed by atoms with van der Waals surface area (Å²) < 4.78 is 0. The van der Waals surface area contributed by atoms with Crippen LogP contribution in [0.2, 0.25) is 0 Å². The first-order valence-electron chi connectivity index (χ1n) is 5.16. The van der Waals surface area contributed by atoms with Crippen molar-refractivity contribution in [1.29, 1.82) is 5.26 Å². The summed E-state index contributed by atoms with van der Waals surface area (Å²) >= 11 is 0. The fourth-order valence-electron chi connectivity index (χ4n) is 1.09. The normalized spacial score (nSPS) is 11.4. The quantitative estimate of drug-likeness (QED) is 0.708. The molecule has 0 unspecified atom stereocenters. The number of hydrogen-bond donors (Lipinski definition) is 0. The second-order valence-corrected chi connectivity index (χ2v) is 4.68. The highest BCUT2D eigenvalue weighted by atomic mass is 16.1. The molecule has 0 aliphatic rings. The molecule has 0 N–H and O–H groups in total. The van der Waals surface area contributed by atoms with Gasteiger partial charge in [0.1, 0.15) is 0 Å². The third kappa shape index (κ3) is 3.36. The molecule has 82 valence electrons. The lowest BCUT2D eigenvalue weighted by atomic mass is 9.90. The number of carbonyl (C=O) groups excluding carboxylic acids is 1. The van der Waals surface area contributed by atoms with Crippen molar-refractivity contribution in [3.63, 3.8) is 0 Å². The van der Waals surface area contributed by atoms with Crippen molar-refractivity contribution in [1.82, 2.24) is 0 Å². The second-order valence-electron chi connectivity index (χ2n) is 4.68. The van der Waals surface area contributed by atoms with Gasteiger partial charge < -0.3 is 0 Å². The first kappa shape index (κ1) is 12.2. The molecule has 1 aromatic carbocycles. The van der Waals surface area contributed by atoms with E-state index >= 15 is 0 Å². The minimum Gasteiger partial charge on any atom is -0.294 e. The molecule has 0 fully saturated rings. The van der Waals surface area contributed by atoms with Crippen LogP contribution in [0.4, 0.5) is 0 Å². The van der Waals surface area contributed by atoms with Gasteiger partial charge in [0.25, 0.3) is 0 Å². The average molecular weight is 213 g/mol. The van der Waals surface area contributed by atoms with Gasteiger partial charge in [0.2, 0.25) is 0 Å². The Hall–Kier alpha value is -1.88. The van der Waals surface area contributed by atoms with Crippen LogP contribution in [0.25, 0.3) is 6.08 Å². The summed E-state index contributed by atoms with van der Waals surface area (Å²) in [5.74, 6) is 0.0943. The predicted molar refractivity (Wildman–Crippen MR) is 64.7 cm³/mol. The van der Waals surface area contributed by atoms with Gasteiger partial charge in [0.15, 0.2) is 5.78 Å². The molecule has 0 aliphatic heterocycles. The summed E-state index contributed by atoms with van der Waals surface area (Å²) in [6, 6.07) is 9.18. The number of benzene rings is 1. The molecule has 0 bridgehead atoms. The fraction of sp³-hybridized carbons (Fsp3) is 0.286. The van der Waals surface area contributed by atoms with Crippen LogP contribution in [0, 0.1) is 16.7 Å². The van der Waals surface area contributed by atoms with Gasteiger partial charge in [-0.05, 0) is 23.8 Å². The van der Waals surface area contributed by atoms with Crippen molar-refractivity contribution in [3.05, 3.63) is 41.5 Å². The minimum atomic E-state index is -0.344. The number of rotatable bonds is 2. The maximum atomic E-state index is 11.6. The first-order valence-corrected chi connectivity index (χ1v) is 5.16. The molecular formula is C14H15NO. The molecule has 0 radical (unpaired) electrons. The molecule has 1 aromatic rings. The van der Waals surface area contributed by atoms with E-state index in [0.29, 0.717) is 5.56 Å². The van der Waals surface area contributed by atoms with Gasteiger partial charge in [-0.2, -0.15) is 5.26 Å². The van der Waals surface area contributed by atoms with E-state index in [9.17, 15) is 4.79 Å². The highest BCUT2D eigenvalue weighted by Crippen LogP contribution is 2.16. The standard InChI is InChI=1S/C14H15NO/c1-14(2,3)13(16)9-8-11-4-6-12(10-15)7-5-11/h4-9H,1-3H3. The number of nitriles is 1. The fourth-order valence-corrected chi connectivity index (χ4v) is 1.09. The van der Waals surface area contributed by atoms with E-state index in [1.807, 2.05) is 32.9 Å². The van der Waals surface area contributed by atoms with E-state index in [1.54, 1.807) is 24.3 Å². The zero-order valence-electron chi connectivity index (χ0n) is 9.82. The van der Waals surface area contributed by atoms with Gasteiger partial charge in [-0.25, -0.2) is 0 Å². The number of carbonyl (C=O) groups is 1. The van der Waals surface area contributed by atoms with Crippen LogP contribution < -0.4 is 0 Å². The Morgan fingerprint density at radius 1 is 1.25 bits per heavy atom. The molecule has 16 heavy (non-hydrogen) atoms. The summed E-state index contributed by atoms with van der Waals surface area (Å²) in [4.78, 5) is 11.6. The largest absolute Gasteiger partial charge is 0.294 e. The summed E-state index contributed by atoms with van der Waals surface area (Å²) in [7, 11) is 0. The Kier molecular flexibility index (Phi) is 3.63. The van der Waals surface area contributed by atoms with Gasteiger partial charge in [0, 0.05) is 5.41 Å². The van der Waals surface area contributed by atoms with Crippen LogP contribution in [0.5, 0.6) is 0 Å². The van der Waals surface area contributed by atoms with E-state index in [-0.39, 0.29) is 11.2 Å². The van der Waals surface area contributed by atoms with E-state index in [4.69, 9.17) is 5.26 Å². The number of hydrogen-bond acceptors (Lipinski definition) is 2. The molecule has 0 heterocycles. The van der Waals surface area contributed by atoms with Crippen LogP contribution in [-0.2, 0) is 4.79 Å². The van der Waals surface area contributed by atoms with Crippen LogP contribution in [0.15, 0.2) is 30.3 Å². The van der Waals surface area contributed by atoms with E-state index in [0.717, 1.165) is 5.56 Å². The number of ketones is 1. The lowest BCUT2D eigenvalue weighted by Crippen LogP contribution is -2.17. The Labute approximate surface area is 96.2 Å². The topological polar surface area (TPSA) is 40.9 Å². The maximum Gasteiger partial charge on any atom is 0.161 e. The van der Waals surface area contributed by atoms with Crippen molar-refractivity contribution in [2.45, 2.75) is 20.8 Å². The lowest BCUT2D eigenvalue weighted by molar-refractivity contribution is -0.121. The molecule has 2 heteroatoms. The smallest absolute Gasteiger partial charge is 0.161 e. The zero-order chi connectivity index (χ0) is 12.2. The van der Waals surface area contributed by atoms with Crippen LogP contribution in [-0.4, -0.2) is 5.78 Å². The van der Waals surface area contributed by atoms with Gasteiger partial charge >= 0.3 is 0 Å². The van der Waals surface area contributed by atoms with E-state index < -0.39 is 0 Å². The Morgan fingerprint density at radius 2 is 1.81 bits per heavy atom. The minimum absolute atomic E-state index is 0.0943. The van der Waals surface area contributed by atoms with Gasteiger partial charge in [-0.3, -0.25) is 4.79 Å². The Balaban J connectivity index is 2.78. The molecule has 0 saturated carbocycles. The number of nitrogens with zero attached hydrogens (tertiary/aromatic N) is 1. The number of allylic oxidation sites excluding steroid dienone is 1. The van der Waals surface area contributed by atoms with Gasteiger partial charge in [0.05, 0.1) is 11.6 Å². The Morgan fingerprint density at radius 3 is 2.25 bits per heavy atom. The second kappa shape index (κ2) is 4.76. The molecule has 1 rings (SSSR count). The average Bonchev–Trinajstić information content (AvgIpc) is 2.25. The molecule has 0 saturated heterocycles. The van der Waals surface area contributed by atoms with Crippen LogP contribution >= 0.6 is 0 Å². The third-order valence-electron chi connectivity index (χ3n) is 2.21. The SMILES string of the molecule is CC(C)(C)C(=O)C=Cc1ccc(C#N)cc1. The predicted octanol–water partition coefficient (Wildman–Crippen LogP) is 3.19.